The van der Waals surface area contributed by atoms with E-state index >= 15 is 0 Å². The Bertz CT molecular complexity index is 571. The Hall–Kier alpha value is -0.620. The largest absolute Gasteiger partial charge is 0.313 e. The fourth-order valence-corrected chi connectivity index (χ4v) is 3.60. The van der Waals surface area contributed by atoms with Crippen molar-refractivity contribution >= 4 is 21.6 Å². The van der Waals surface area contributed by atoms with Crippen molar-refractivity contribution in [3.63, 3.8) is 0 Å². The van der Waals surface area contributed by atoms with Crippen LogP contribution in [-0.2, 0) is 16.6 Å². The van der Waals surface area contributed by atoms with Gasteiger partial charge in [0.1, 0.15) is 0 Å². The first kappa shape index (κ1) is 16.7. The molecule has 0 unspecified atom stereocenters. The zero-order valence-corrected chi connectivity index (χ0v) is 13.9. The molecular formula is C15H23ClN2O2S. The van der Waals surface area contributed by atoms with Gasteiger partial charge in [0.25, 0.3) is 0 Å². The van der Waals surface area contributed by atoms with Crippen molar-refractivity contribution in [1.82, 2.24) is 10.0 Å². The minimum absolute atomic E-state index is 0.235. The fourth-order valence-electron chi connectivity index (χ4n) is 2.19. The van der Waals surface area contributed by atoms with Crippen molar-refractivity contribution in [3.8, 4) is 0 Å². The molecule has 2 N–H and O–H groups in total. The SMILES string of the molecule is CCNCc1ccc(S(=O)(=O)NCCCC2CC2)cc1Cl. The van der Waals surface area contributed by atoms with E-state index in [0.29, 0.717) is 18.1 Å². The molecule has 4 nitrogen and oxygen atoms in total. The van der Waals surface area contributed by atoms with E-state index in [1.807, 2.05) is 6.92 Å². The van der Waals surface area contributed by atoms with Gasteiger partial charge in [-0.05, 0) is 43.0 Å². The lowest BCUT2D eigenvalue weighted by Crippen LogP contribution is -2.25. The van der Waals surface area contributed by atoms with Gasteiger partial charge in [0.15, 0.2) is 0 Å². The Morgan fingerprint density at radius 2 is 2.10 bits per heavy atom. The lowest BCUT2D eigenvalue weighted by atomic mass is 10.2. The Morgan fingerprint density at radius 3 is 2.71 bits per heavy atom. The quantitative estimate of drug-likeness (QED) is 0.684. The molecule has 0 spiro atoms. The highest BCUT2D eigenvalue weighted by molar-refractivity contribution is 7.89. The molecule has 0 heterocycles. The first-order valence-electron chi connectivity index (χ1n) is 7.51. The molecule has 0 bridgehead atoms. The summed E-state index contributed by atoms with van der Waals surface area (Å²) >= 11 is 6.15. The van der Waals surface area contributed by atoms with Gasteiger partial charge in [-0.15, -0.1) is 0 Å². The summed E-state index contributed by atoms with van der Waals surface area (Å²) in [4.78, 5) is 0.235. The molecule has 0 atom stereocenters. The summed E-state index contributed by atoms with van der Waals surface area (Å²) in [5.74, 6) is 0.828. The molecular weight excluding hydrogens is 308 g/mol. The maximum absolute atomic E-state index is 12.2. The van der Waals surface area contributed by atoms with Crippen LogP contribution < -0.4 is 10.0 Å². The van der Waals surface area contributed by atoms with Crippen LogP contribution in [0.25, 0.3) is 0 Å². The first-order chi connectivity index (χ1) is 10.0. The van der Waals surface area contributed by atoms with Crippen molar-refractivity contribution in [2.24, 2.45) is 5.92 Å². The van der Waals surface area contributed by atoms with E-state index in [0.717, 1.165) is 30.9 Å². The summed E-state index contributed by atoms with van der Waals surface area (Å²) in [6, 6.07) is 4.91. The van der Waals surface area contributed by atoms with E-state index in [-0.39, 0.29) is 4.90 Å². The minimum Gasteiger partial charge on any atom is -0.313 e. The fraction of sp³-hybridized carbons (Fsp3) is 0.600. The predicted octanol–water partition coefficient (Wildman–Crippen LogP) is 2.92. The minimum atomic E-state index is -3.45. The van der Waals surface area contributed by atoms with Crippen LogP contribution in [0.15, 0.2) is 23.1 Å². The van der Waals surface area contributed by atoms with Crippen LogP contribution in [0, 0.1) is 5.92 Å². The summed E-state index contributed by atoms with van der Waals surface area (Å²) in [5, 5.41) is 3.66. The van der Waals surface area contributed by atoms with Crippen LogP contribution in [-0.4, -0.2) is 21.5 Å². The van der Waals surface area contributed by atoms with Crippen molar-refractivity contribution < 1.29 is 8.42 Å². The van der Waals surface area contributed by atoms with Crippen LogP contribution in [0.2, 0.25) is 5.02 Å². The van der Waals surface area contributed by atoms with Crippen molar-refractivity contribution in [3.05, 3.63) is 28.8 Å². The molecule has 2 rings (SSSR count). The maximum Gasteiger partial charge on any atom is 0.240 e. The number of benzene rings is 1. The smallest absolute Gasteiger partial charge is 0.240 e. The molecule has 0 aliphatic heterocycles. The van der Waals surface area contributed by atoms with Gasteiger partial charge in [0, 0.05) is 18.1 Å². The van der Waals surface area contributed by atoms with Crippen molar-refractivity contribution in [2.75, 3.05) is 13.1 Å². The third-order valence-corrected chi connectivity index (χ3v) is 5.49. The van der Waals surface area contributed by atoms with Gasteiger partial charge in [-0.25, -0.2) is 13.1 Å². The van der Waals surface area contributed by atoms with Gasteiger partial charge >= 0.3 is 0 Å². The van der Waals surface area contributed by atoms with Crippen LogP contribution in [0.1, 0.15) is 38.2 Å². The standard InChI is InChI=1S/C15H23ClN2O2S/c1-2-17-11-13-7-8-14(10-15(13)16)21(19,20)18-9-3-4-12-5-6-12/h7-8,10,12,17-18H,2-6,9,11H2,1H3. The molecule has 1 aliphatic rings. The second-order valence-corrected chi connectivity index (χ2v) is 7.69. The molecule has 118 valence electrons. The number of sulfonamides is 1. The van der Waals surface area contributed by atoms with E-state index in [9.17, 15) is 8.42 Å². The summed E-state index contributed by atoms with van der Waals surface area (Å²) in [6.45, 7) is 4.00. The number of nitrogens with one attached hydrogen (secondary N) is 2. The third kappa shape index (κ3) is 5.25. The van der Waals surface area contributed by atoms with Crippen LogP contribution in [0.3, 0.4) is 0 Å². The second kappa shape index (κ2) is 7.58. The molecule has 0 saturated heterocycles. The molecule has 1 fully saturated rings. The molecule has 1 aromatic carbocycles. The molecule has 0 amide bonds. The maximum atomic E-state index is 12.2. The van der Waals surface area contributed by atoms with E-state index in [1.165, 1.54) is 18.9 Å². The normalized spacial score (nSPS) is 15.3. The summed E-state index contributed by atoms with van der Waals surface area (Å²) in [5.41, 5.74) is 0.909. The summed E-state index contributed by atoms with van der Waals surface area (Å²) in [7, 11) is -3.45. The van der Waals surface area contributed by atoms with E-state index < -0.39 is 10.0 Å². The number of rotatable bonds is 9. The average molecular weight is 331 g/mol. The monoisotopic (exact) mass is 330 g/mol. The number of hydrogen-bond acceptors (Lipinski definition) is 3. The topological polar surface area (TPSA) is 58.2 Å². The zero-order valence-electron chi connectivity index (χ0n) is 12.4. The summed E-state index contributed by atoms with van der Waals surface area (Å²) in [6.07, 6.45) is 4.62. The molecule has 1 aromatic rings. The van der Waals surface area contributed by atoms with Crippen LogP contribution in [0.4, 0.5) is 0 Å². The van der Waals surface area contributed by atoms with E-state index in [1.54, 1.807) is 12.1 Å². The average Bonchev–Trinajstić information content (AvgIpc) is 3.26. The third-order valence-electron chi connectivity index (χ3n) is 3.68. The zero-order chi connectivity index (χ0) is 15.3. The lowest BCUT2D eigenvalue weighted by molar-refractivity contribution is 0.572. The highest BCUT2D eigenvalue weighted by Gasteiger charge is 2.21. The Morgan fingerprint density at radius 1 is 1.33 bits per heavy atom. The Labute approximate surface area is 132 Å². The highest BCUT2D eigenvalue weighted by atomic mass is 35.5. The van der Waals surface area contributed by atoms with Gasteiger partial charge < -0.3 is 5.32 Å². The van der Waals surface area contributed by atoms with Crippen molar-refractivity contribution in [1.29, 1.82) is 0 Å². The molecule has 6 heteroatoms. The van der Waals surface area contributed by atoms with Crippen LogP contribution >= 0.6 is 11.6 Å². The van der Waals surface area contributed by atoms with Gasteiger partial charge in [-0.2, -0.15) is 0 Å². The van der Waals surface area contributed by atoms with Crippen LogP contribution in [0.5, 0.6) is 0 Å². The predicted molar refractivity (Wildman–Crippen MR) is 86.0 cm³/mol. The second-order valence-electron chi connectivity index (χ2n) is 5.52. The van der Waals surface area contributed by atoms with Crippen molar-refractivity contribution in [2.45, 2.75) is 44.0 Å². The van der Waals surface area contributed by atoms with Gasteiger partial charge in [0.2, 0.25) is 10.0 Å². The molecule has 21 heavy (non-hydrogen) atoms. The Kier molecular flexibility index (Phi) is 6.05. The molecule has 0 aromatic heterocycles. The van der Waals surface area contributed by atoms with Gasteiger partial charge in [0.05, 0.1) is 4.90 Å². The molecule has 1 aliphatic carbocycles. The lowest BCUT2D eigenvalue weighted by Gasteiger charge is -2.09. The number of halogens is 1. The first-order valence-corrected chi connectivity index (χ1v) is 9.38. The molecule has 1 saturated carbocycles. The summed E-state index contributed by atoms with van der Waals surface area (Å²) < 4.78 is 27.0. The van der Waals surface area contributed by atoms with E-state index in [4.69, 9.17) is 11.6 Å². The van der Waals surface area contributed by atoms with E-state index in [2.05, 4.69) is 10.0 Å². The van der Waals surface area contributed by atoms with Gasteiger partial charge in [-0.3, -0.25) is 0 Å². The highest BCUT2D eigenvalue weighted by Crippen LogP contribution is 2.33. The molecule has 0 radical (unpaired) electrons. The number of hydrogen-bond donors (Lipinski definition) is 2. The Balaban J connectivity index is 1.93. The van der Waals surface area contributed by atoms with Gasteiger partial charge in [-0.1, -0.05) is 37.4 Å².